The highest BCUT2D eigenvalue weighted by atomic mass is 127. The van der Waals surface area contributed by atoms with Gasteiger partial charge in [0, 0.05) is 6.42 Å². The second-order valence-electron chi connectivity index (χ2n) is 4.43. The van der Waals surface area contributed by atoms with Crippen molar-refractivity contribution in [3.05, 3.63) is 0 Å². The summed E-state index contributed by atoms with van der Waals surface area (Å²) in [6.45, 7) is 5.88. The standard InChI is InChI=1S/C11H22NO2.HI/c1-3-11(13)14-10-9-12(2)7-5-4-6-8-12;/h3-10H2,1-2H3;1H/q+1;/p-1. The van der Waals surface area contributed by atoms with Crippen LogP contribution in [0, 0.1) is 0 Å². The molecule has 1 aliphatic rings. The summed E-state index contributed by atoms with van der Waals surface area (Å²) in [4.78, 5) is 10.9. The summed E-state index contributed by atoms with van der Waals surface area (Å²) in [7, 11) is 2.26. The number of nitrogens with zero attached hydrogens (tertiary/aromatic N) is 1. The van der Waals surface area contributed by atoms with Crippen LogP contribution in [0.1, 0.15) is 32.6 Å². The number of halogens is 1. The van der Waals surface area contributed by atoms with Crippen LogP contribution < -0.4 is 24.0 Å². The normalized spacial score (nSPS) is 19.1. The first-order chi connectivity index (χ1) is 6.66. The van der Waals surface area contributed by atoms with Crippen molar-refractivity contribution in [2.75, 3.05) is 33.3 Å². The molecule has 0 N–H and O–H groups in total. The Morgan fingerprint density at radius 1 is 1.27 bits per heavy atom. The topological polar surface area (TPSA) is 26.3 Å². The van der Waals surface area contributed by atoms with E-state index >= 15 is 0 Å². The molecular formula is C11H22INO2. The molecule has 0 unspecified atom stereocenters. The fourth-order valence-corrected chi connectivity index (χ4v) is 1.98. The minimum Gasteiger partial charge on any atom is -1.00 e. The van der Waals surface area contributed by atoms with Crippen molar-refractivity contribution in [3.8, 4) is 0 Å². The van der Waals surface area contributed by atoms with Gasteiger partial charge >= 0.3 is 5.97 Å². The highest BCUT2D eigenvalue weighted by molar-refractivity contribution is 5.68. The summed E-state index contributed by atoms with van der Waals surface area (Å²) >= 11 is 0. The molecule has 0 bridgehead atoms. The summed E-state index contributed by atoms with van der Waals surface area (Å²) in [5.41, 5.74) is 0. The lowest BCUT2D eigenvalue weighted by Gasteiger charge is -2.37. The zero-order chi connectivity index (χ0) is 10.4. The number of carbonyl (C=O) groups is 1. The second-order valence-corrected chi connectivity index (χ2v) is 4.43. The fourth-order valence-electron chi connectivity index (χ4n) is 1.98. The van der Waals surface area contributed by atoms with Crippen molar-refractivity contribution in [2.24, 2.45) is 0 Å². The van der Waals surface area contributed by atoms with Crippen LogP contribution in [-0.4, -0.2) is 43.7 Å². The predicted octanol–water partition coefficient (Wildman–Crippen LogP) is -1.43. The first kappa shape index (κ1) is 15.2. The Labute approximate surface area is 110 Å². The van der Waals surface area contributed by atoms with Gasteiger partial charge in [0.2, 0.25) is 0 Å². The van der Waals surface area contributed by atoms with Crippen LogP contribution in [0.4, 0.5) is 0 Å². The Kier molecular flexibility index (Phi) is 7.52. The average Bonchev–Trinajstić information content (AvgIpc) is 2.18. The molecule has 4 heteroatoms. The lowest BCUT2D eigenvalue weighted by Crippen LogP contribution is -3.00. The molecule has 1 saturated heterocycles. The first-order valence-electron chi connectivity index (χ1n) is 5.65. The zero-order valence-electron chi connectivity index (χ0n) is 9.80. The molecule has 1 heterocycles. The molecule has 0 amide bonds. The van der Waals surface area contributed by atoms with E-state index in [1.54, 1.807) is 0 Å². The highest BCUT2D eigenvalue weighted by Crippen LogP contribution is 2.15. The van der Waals surface area contributed by atoms with Crippen molar-refractivity contribution < 1.29 is 38.0 Å². The maximum atomic E-state index is 10.9. The van der Waals surface area contributed by atoms with Crippen LogP contribution in [0.5, 0.6) is 0 Å². The van der Waals surface area contributed by atoms with Gasteiger partial charge in [0.1, 0.15) is 13.2 Å². The van der Waals surface area contributed by atoms with E-state index in [1.165, 1.54) is 32.4 Å². The lowest BCUT2D eigenvalue weighted by molar-refractivity contribution is -0.914. The minimum absolute atomic E-state index is 0. The smallest absolute Gasteiger partial charge is 0.305 e. The third-order valence-electron chi connectivity index (χ3n) is 3.08. The largest absolute Gasteiger partial charge is 1.00 e. The number of quaternary nitrogens is 1. The van der Waals surface area contributed by atoms with Crippen molar-refractivity contribution in [1.82, 2.24) is 0 Å². The number of piperidine rings is 1. The van der Waals surface area contributed by atoms with E-state index in [2.05, 4.69) is 7.05 Å². The molecule has 0 aromatic carbocycles. The van der Waals surface area contributed by atoms with E-state index in [9.17, 15) is 4.79 Å². The van der Waals surface area contributed by atoms with Crippen LogP contribution in [0.3, 0.4) is 0 Å². The van der Waals surface area contributed by atoms with E-state index in [-0.39, 0.29) is 29.9 Å². The molecule has 1 fully saturated rings. The molecule has 0 atom stereocenters. The quantitative estimate of drug-likeness (QED) is 0.360. The molecule has 0 aromatic rings. The van der Waals surface area contributed by atoms with Crippen LogP contribution in [0.15, 0.2) is 0 Å². The molecule has 0 aromatic heterocycles. The Bertz CT molecular complexity index is 191. The van der Waals surface area contributed by atoms with Gasteiger partial charge in [-0.3, -0.25) is 4.79 Å². The SMILES string of the molecule is CCC(=O)OCC[N+]1(C)CCCCC1.[I-]. The van der Waals surface area contributed by atoms with Gasteiger partial charge in [-0.2, -0.15) is 0 Å². The van der Waals surface area contributed by atoms with Crippen LogP contribution in [0.2, 0.25) is 0 Å². The summed E-state index contributed by atoms with van der Waals surface area (Å²) in [5.74, 6) is -0.0754. The number of likely N-dealkylation sites (N-methyl/N-ethyl adjacent to an activating group) is 1. The van der Waals surface area contributed by atoms with Crippen LogP contribution in [-0.2, 0) is 9.53 Å². The van der Waals surface area contributed by atoms with Crippen molar-refractivity contribution in [3.63, 3.8) is 0 Å². The van der Waals surface area contributed by atoms with Crippen LogP contribution in [0.25, 0.3) is 0 Å². The van der Waals surface area contributed by atoms with Gasteiger partial charge in [-0.15, -0.1) is 0 Å². The van der Waals surface area contributed by atoms with Gasteiger partial charge in [-0.25, -0.2) is 0 Å². The molecule has 3 nitrogen and oxygen atoms in total. The van der Waals surface area contributed by atoms with Gasteiger partial charge in [-0.1, -0.05) is 6.92 Å². The van der Waals surface area contributed by atoms with Gasteiger partial charge in [0.15, 0.2) is 0 Å². The number of hydrogen-bond acceptors (Lipinski definition) is 2. The number of likely N-dealkylation sites (tertiary alicyclic amines) is 1. The van der Waals surface area contributed by atoms with E-state index in [4.69, 9.17) is 4.74 Å². The molecule has 0 aliphatic carbocycles. The third kappa shape index (κ3) is 5.70. The number of ether oxygens (including phenoxy) is 1. The molecule has 0 radical (unpaired) electrons. The Morgan fingerprint density at radius 2 is 1.87 bits per heavy atom. The Morgan fingerprint density at radius 3 is 2.40 bits per heavy atom. The molecule has 1 aliphatic heterocycles. The number of hydrogen-bond donors (Lipinski definition) is 0. The van der Waals surface area contributed by atoms with E-state index in [0.717, 1.165) is 11.0 Å². The number of rotatable bonds is 4. The zero-order valence-corrected chi connectivity index (χ0v) is 12.0. The lowest BCUT2D eigenvalue weighted by atomic mass is 10.1. The summed E-state index contributed by atoms with van der Waals surface area (Å²) < 4.78 is 6.18. The monoisotopic (exact) mass is 327 g/mol. The highest BCUT2D eigenvalue weighted by Gasteiger charge is 2.24. The van der Waals surface area contributed by atoms with E-state index in [0.29, 0.717) is 13.0 Å². The van der Waals surface area contributed by atoms with Gasteiger partial charge in [0.05, 0.1) is 20.1 Å². The predicted molar refractivity (Wildman–Crippen MR) is 55.9 cm³/mol. The molecule has 0 spiro atoms. The van der Waals surface area contributed by atoms with E-state index in [1.807, 2.05) is 6.92 Å². The summed E-state index contributed by atoms with van der Waals surface area (Å²) in [5, 5.41) is 0. The molecule has 0 saturated carbocycles. The van der Waals surface area contributed by atoms with Gasteiger partial charge < -0.3 is 33.2 Å². The second kappa shape index (κ2) is 7.44. The number of esters is 1. The summed E-state index contributed by atoms with van der Waals surface area (Å²) in [6.07, 6.45) is 4.49. The van der Waals surface area contributed by atoms with Gasteiger partial charge in [0.25, 0.3) is 0 Å². The van der Waals surface area contributed by atoms with E-state index < -0.39 is 0 Å². The minimum atomic E-state index is -0.0754. The maximum absolute atomic E-state index is 10.9. The van der Waals surface area contributed by atoms with Gasteiger partial charge in [-0.05, 0) is 19.3 Å². The first-order valence-corrected chi connectivity index (χ1v) is 5.65. The molecular weight excluding hydrogens is 305 g/mol. The molecule has 90 valence electrons. The van der Waals surface area contributed by atoms with Crippen molar-refractivity contribution >= 4 is 5.97 Å². The third-order valence-corrected chi connectivity index (χ3v) is 3.08. The number of carbonyl (C=O) groups excluding carboxylic acids is 1. The van der Waals surface area contributed by atoms with Crippen molar-refractivity contribution in [2.45, 2.75) is 32.6 Å². The molecule has 15 heavy (non-hydrogen) atoms. The fraction of sp³-hybridized carbons (Fsp3) is 0.909. The van der Waals surface area contributed by atoms with Crippen molar-refractivity contribution in [1.29, 1.82) is 0 Å². The molecule has 1 rings (SSSR count). The maximum Gasteiger partial charge on any atom is 0.305 e. The Hall–Kier alpha value is 0.160. The summed E-state index contributed by atoms with van der Waals surface area (Å²) in [6, 6.07) is 0. The van der Waals surface area contributed by atoms with Crippen LogP contribution >= 0.6 is 0 Å². The average molecular weight is 327 g/mol. The Balaban J connectivity index is 0.00000196.